The number of ether oxygens (including phenoxy) is 4. The summed E-state index contributed by atoms with van der Waals surface area (Å²) in [5.41, 5.74) is 2.84. The van der Waals surface area contributed by atoms with Gasteiger partial charge < -0.3 is 28.1 Å². The summed E-state index contributed by atoms with van der Waals surface area (Å²) in [4.78, 5) is 55.7. The fourth-order valence-corrected chi connectivity index (χ4v) is 13.9. The van der Waals surface area contributed by atoms with Gasteiger partial charge in [0.25, 0.3) is 0 Å². The first-order chi connectivity index (χ1) is 30.0. The van der Waals surface area contributed by atoms with Crippen LogP contribution in [0.2, 0.25) is 0 Å². The van der Waals surface area contributed by atoms with Crippen molar-refractivity contribution in [2.75, 3.05) is 34.6 Å². The van der Waals surface area contributed by atoms with E-state index in [1.165, 1.54) is 28.4 Å². The van der Waals surface area contributed by atoms with Gasteiger partial charge in [0.1, 0.15) is 34.1 Å². The second-order valence-electron chi connectivity index (χ2n) is 17.6. The smallest absolute Gasteiger partial charge is 0.248 e. The summed E-state index contributed by atoms with van der Waals surface area (Å²) >= 11 is 0. The largest absolute Gasteiger partial charge is 0.496 e. The molecule has 0 radical (unpaired) electrons. The Labute approximate surface area is 378 Å². The SMILES string of the molecule is COc1cccc(OC)c1C(=O)P(=O)(CC(C)CC(C)(C)C)C(=O)c1c(OC)cccc1OC.Cc1cc(C)c(C(=O)P(=O)(C(=O)c2c(C)cc(C)cc2C)c2ccccc2)c(C)c1. The molecule has 12 heteroatoms. The van der Waals surface area contributed by atoms with Crippen molar-refractivity contribution in [2.24, 2.45) is 11.3 Å². The Bertz CT molecular complexity index is 2420. The minimum atomic E-state index is -4.25. The van der Waals surface area contributed by atoms with Gasteiger partial charge in [-0.25, -0.2) is 0 Å². The third-order valence-electron chi connectivity index (χ3n) is 10.9. The van der Waals surface area contributed by atoms with Gasteiger partial charge in [-0.3, -0.25) is 19.2 Å². The molecule has 0 aromatic heterocycles. The first-order valence-electron chi connectivity index (χ1n) is 21.0. The summed E-state index contributed by atoms with van der Waals surface area (Å²) in [6, 6.07) is 25.6. The maximum absolute atomic E-state index is 14.7. The Balaban J connectivity index is 0.000000282. The summed E-state index contributed by atoms with van der Waals surface area (Å²) in [5, 5.41) is 0.277. The van der Waals surface area contributed by atoms with Crippen LogP contribution >= 0.6 is 14.3 Å². The van der Waals surface area contributed by atoms with Gasteiger partial charge >= 0.3 is 0 Å². The number of methoxy groups -OCH3 is 4. The first kappa shape index (κ1) is 51.1. The molecule has 0 heterocycles. The molecule has 0 fully saturated rings. The molecule has 1 unspecified atom stereocenters. The minimum Gasteiger partial charge on any atom is -0.496 e. The Hall–Kier alpha value is -5.56. The topological polar surface area (TPSA) is 139 Å². The van der Waals surface area contributed by atoms with Crippen LogP contribution in [0.4, 0.5) is 0 Å². The van der Waals surface area contributed by atoms with E-state index in [9.17, 15) is 28.3 Å². The summed E-state index contributed by atoms with van der Waals surface area (Å²) in [6.45, 7) is 19.3. The molecule has 0 spiro atoms. The predicted molar refractivity (Wildman–Crippen MR) is 257 cm³/mol. The lowest BCUT2D eigenvalue weighted by Crippen LogP contribution is -2.23. The molecule has 1 atom stereocenters. The van der Waals surface area contributed by atoms with Gasteiger partial charge in [-0.1, -0.05) is 106 Å². The second kappa shape index (κ2) is 21.0. The van der Waals surface area contributed by atoms with Gasteiger partial charge in [0.15, 0.2) is 0 Å². The number of carbonyl (C=O) groups excluding carboxylic acids is 4. The molecule has 0 bridgehead atoms. The predicted octanol–water partition coefficient (Wildman–Crippen LogP) is 12.3. The minimum absolute atomic E-state index is 0.0130. The maximum Gasteiger partial charge on any atom is 0.248 e. The Morgan fingerprint density at radius 2 is 0.828 bits per heavy atom. The van der Waals surface area contributed by atoms with Crippen molar-refractivity contribution in [3.05, 3.63) is 147 Å². The van der Waals surface area contributed by atoms with Crippen LogP contribution in [-0.4, -0.2) is 56.7 Å². The van der Waals surface area contributed by atoms with Crippen LogP contribution in [-0.2, 0) is 9.13 Å². The van der Waals surface area contributed by atoms with Crippen molar-refractivity contribution < 1.29 is 47.3 Å². The van der Waals surface area contributed by atoms with Crippen molar-refractivity contribution in [1.82, 2.24) is 0 Å². The standard InChI is InChI=1S/C26H35O7P.C26H27O3P/c1-17(15-26(2,3)4)16-34(29,24(27)22-18(30-5)11-9-12-19(22)31-6)25(28)23-20(32-7)13-10-14-21(23)33-8;1-16-12-18(3)23(19(4)13-16)25(27)30(29,22-10-8-7-9-11-22)26(28)24-20(5)14-17(2)15-21(24)6/h9-14,17H,15-16H2,1-8H3;7-15H,1-6H3. The average Bonchev–Trinajstić information content (AvgIpc) is 3.23. The molecule has 0 N–H and O–H groups in total. The van der Waals surface area contributed by atoms with Crippen LogP contribution in [0.15, 0.2) is 91.0 Å². The van der Waals surface area contributed by atoms with E-state index in [-0.39, 0.29) is 56.9 Å². The molecular formula is C52H62O10P2. The van der Waals surface area contributed by atoms with Crippen LogP contribution in [0, 0.1) is 52.9 Å². The molecule has 5 aromatic carbocycles. The van der Waals surface area contributed by atoms with Crippen molar-refractivity contribution >= 4 is 41.7 Å². The lowest BCUT2D eigenvalue weighted by molar-refractivity contribution is 0.102. The summed E-state index contributed by atoms with van der Waals surface area (Å²) in [6.07, 6.45) is 0.564. The molecule has 0 aliphatic rings. The normalized spacial score (nSPS) is 12.0. The lowest BCUT2D eigenvalue weighted by atomic mass is 9.86. The van der Waals surface area contributed by atoms with E-state index in [1.807, 2.05) is 72.7 Å². The highest BCUT2D eigenvalue weighted by molar-refractivity contribution is 8.01. The highest BCUT2D eigenvalue weighted by Crippen LogP contribution is 2.58. The van der Waals surface area contributed by atoms with E-state index in [4.69, 9.17) is 18.9 Å². The van der Waals surface area contributed by atoms with E-state index >= 15 is 0 Å². The number of benzene rings is 5. The molecule has 5 rings (SSSR count). The monoisotopic (exact) mass is 908 g/mol. The molecule has 0 saturated heterocycles. The van der Waals surface area contributed by atoms with Gasteiger partial charge in [-0.2, -0.15) is 0 Å². The zero-order valence-electron chi connectivity index (χ0n) is 39.6. The number of hydrogen-bond donors (Lipinski definition) is 0. The summed E-state index contributed by atoms with van der Waals surface area (Å²) < 4.78 is 50.7. The highest BCUT2D eigenvalue weighted by Gasteiger charge is 2.47. The molecule has 0 aliphatic carbocycles. The number of carbonyl (C=O) groups is 4. The zero-order chi connectivity index (χ0) is 47.9. The van der Waals surface area contributed by atoms with E-state index < -0.39 is 36.4 Å². The van der Waals surface area contributed by atoms with Crippen LogP contribution in [0.1, 0.15) is 109 Å². The fraction of sp³-hybridized carbons (Fsp3) is 0.346. The third-order valence-corrected chi connectivity index (χ3v) is 16.5. The summed E-state index contributed by atoms with van der Waals surface area (Å²) in [7, 11) is -2.73. The fourth-order valence-electron chi connectivity index (χ4n) is 8.61. The van der Waals surface area contributed by atoms with Gasteiger partial charge in [0.2, 0.25) is 36.4 Å². The second-order valence-corrected chi connectivity index (χ2v) is 22.8. The number of hydrogen-bond acceptors (Lipinski definition) is 10. The Kier molecular flexibility index (Phi) is 16.7. The summed E-state index contributed by atoms with van der Waals surface area (Å²) in [5.74, 6) is 0.571. The molecule has 0 saturated carbocycles. The van der Waals surface area contributed by atoms with Crippen LogP contribution < -0.4 is 24.3 Å². The lowest BCUT2D eigenvalue weighted by Gasteiger charge is -2.27. The van der Waals surface area contributed by atoms with Crippen LogP contribution in [0.5, 0.6) is 23.0 Å². The first-order valence-corrected chi connectivity index (χ1v) is 24.6. The van der Waals surface area contributed by atoms with E-state index in [0.29, 0.717) is 17.5 Å². The van der Waals surface area contributed by atoms with E-state index in [0.717, 1.165) is 33.4 Å². The highest BCUT2D eigenvalue weighted by atomic mass is 31.2. The van der Waals surface area contributed by atoms with Gasteiger partial charge in [-0.05, 0) is 106 Å². The van der Waals surface area contributed by atoms with Crippen molar-refractivity contribution in [2.45, 2.75) is 75.7 Å². The number of aryl methyl sites for hydroxylation is 6. The van der Waals surface area contributed by atoms with Crippen LogP contribution in [0.3, 0.4) is 0 Å². The Morgan fingerprint density at radius 1 is 0.500 bits per heavy atom. The Morgan fingerprint density at radius 3 is 1.12 bits per heavy atom. The van der Waals surface area contributed by atoms with E-state index in [1.54, 1.807) is 66.7 Å². The molecule has 10 nitrogen and oxygen atoms in total. The maximum atomic E-state index is 14.7. The van der Waals surface area contributed by atoms with Gasteiger partial charge in [-0.15, -0.1) is 0 Å². The van der Waals surface area contributed by atoms with Crippen molar-refractivity contribution in [1.29, 1.82) is 0 Å². The number of rotatable bonds is 16. The van der Waals surface area contributed by atoms with Crippen molar-refractivity contribution in [3.8, 4) is 23.0 Å². The molecule has 340 valence electrons. The molecule has 0 amide bonds. The zero-order valence-corrected chi connectivity index (χ0v) is 41.4. The molecule has 64 heavy (non-hydrogen) atoms. The van der Waals surface area contributed by atoms with E-state index in [2.05, 4.69) is 20.8 Å². The van der Waals surface area contributed by atoms with Gasteiger partial charge in [0.05, 0.1) is 28.4 Å². The molecular weight excluding hydrogens is 847 g/mol. The molecule has 5 aromatic rings. The molecule has 0 aliphatic heterocycles. The quantitative estimate of drug-likeness (QED) is 0.0879. The van der Waals surface area contributed by atoms with Crippen molar-refractivity contribution in [3.63, 3.8) is 0 Å². The third kappa shape index (κ3) is 10.9. The van der Waals surface area contributed by atoms with Crippen LogP contribution in [0.25, 0.3) is 0 Å². The van der Waals surface area contributed by atoms with Gasteiger partial charge in [0, 0.05) is 22.6 Å². The average molecular weight is 909 g/mol.